The van der Waals surface area contributed by atoms with Crippen molar-refractivity contribution in [2.45, 2.75) is 45.6 Å². The summed E-state index contributed by atoms with van der Waals surface area (Å²) in [5.74, 6) is 2.60. The number of para-hydroxylation sites is 2. The number of hydrogen-bond donors (Lipinski definition) is 0. The number of rotatable bonds is 8. The number of carbonyl (C=O) groups excluding carboxylic acids is 1. The second-order valence-electron chi connectivity index (χ2n) is 7.94. The van der Waals surface area contributed by atoms with Crippen LogP contribution in [0.15, 0.2) is 52.9 Å². The molecule has 32 heavy (non-hydrogen) atoms. The van der Waals surface area contributed by atoms with Gasteiger partial charge in [-0.15, -0.1) is 10.2 Å². The fraction of sp³-hybridized carbons (Fsp3) is 0.400. The molecule has 2 aromatic carbocycles. The molecule has 0 bridgehead atoms. The number of carbonyl (C=O) groups is 1. The Balaban J connectivity index is 1.24. The molecular weight excluding hydrogens is 406 g/mol. The molecule has 1 aliphatic heterocycles. The van der Waals surface area contributed by atoms with Crippen LogP contribution in [0.3, 0.4) is 0 Å². The van der Waals surface area contributed by atoms with Gasteiger partial charge in [0.05, 0.1) is 6.61 Å². The maximum Gasteiger partial charge on any atom is 0.247 e. The molecule has 1 fully saturated rings. The Morgan fingerprint density at radius 1 is 1.06 bits per heavy atom. The van der Waals surface area contributed by atoms with Gasteiger partial charge in [-0.1, -0.05) is 29.8 Å². The fourth-order valence-corrected chi connectivity index (χ4v) is 3.76. The maximum absolute atomic E-state index is 12.7. The van der Waals surface area contributed by atoms with Crippen LogP contribution in [0.5, 0.6) is 11.5 Å². The van der Waals surface area contributed by atoms with E-state index in [1.807, 2.05) is 67.3 Å². The van der Waals surface area contributed by atoms with E-state index in [9.17, 15) is 4.79 Å². The first-order chi connectivity index (χ1) is 15.6. The van der Waals surface area contributed by atoms with E-state index < -0.39 is 0 Å². The molecule has 0 N–H and O–H groups in total. The molecule has 0 aliphatic carbocycles. The highest BCUT2D eigenvalue weighted by atomic mass is 16.5. The second-order valence-corrected chi connectivity index (χ2v) is 7.94. The number of hydrogen-bond acceptors (Lipinski definition) is 6. The Morgan fingerprint density at radius 3 is 2.50 bits per heavy atom. The van der Waals surface area contributed by atoms with Gasteiger partial charge < -0.3 is 18.8 Å². The first kappa shape index (κ1) is 21.9. The van der Waals surface area contributed by atoms with E-state index in [1.54, 1.807) is 0 Å². The van der Waals surface area contributed by atoms with Crippen LogP contribution in [0.4, 0.5) is 0 Å². The molecule has 1 aromatic heterocycles. The molecule has 0 atom stereocenters. The lowest BCUT2D eigenvalue weighted by molar-refractivity contribution is -0.133. The van der Waals surface area contributed by atoms with E-state index >= 15 is 0 Å². The predicted octanol–water partition coefficient (Wildman–Crippen LogP) is 4.45. The monoisotopic (exact) mass is 435 g/mol. The number of likely N-dealkylation sites (tertiary alicyclic amines) is 1. The SMILES string of the molecule is CCOc1ccccc1OC1CCN(C(=O)CCc2nnc(-c3ccc(C)cc3)o2)CC1. The van der Waals surface area contributed by atoms with Crippen LogP contribution in [0.1, 0.15) is 37.6 Å². The molecule has 0 saturated carbocycles. The van der Waals surface area contributed by atoms with Crippen molar-refractivity contribution in [3.8, 4) is 23.0 Å². The first-order valence-corrected chi connectivity index (χ1v) is 11.2. The number of ether oxygens (including phenoxy) is 2. The van der Waals surface area contributed by atoms with Gasteiger partial charge in [0.1, 0.15) is 6.10 Å². The van der Waals surface area contributed by atoms with Crippen LogP contribution in [-0.4, -0.2) is 46.8 Å². The molecule has 0 radical (unpaired) electrons. The van der Waals surface area contributed by atoms with Crippen LogP contribution in [0.25, 0.3) is 11.5 Å². The molecule has 3 aromatic rings. The van der Waals surface area contributed by atoms with Crippen molar-refractivity contribution in [2.24, 2.45) is 0 Å². The van der Waals surface area contributed by atoms with Gasteiger partial charge in [0.25, 0.3) is 0 Å². The van der Waals surface area contributed by atoms with Gasteiger partial charge in [-0.05, 0) is 38.1 Å². The lowest BCUT2D eigenvalue weighted by Crippen LogP contribution is -2.41. The summed E-state index contributed by atoms with van der Waals surface area (Å²) in [5.41, 5.74) is 2.06. The molecule has 0 spiro atoms. The fourth-order valence-electron chi connectivity index (χ4n) is 3.76. The van der Waals surface area contributed by atoms with Gasteiger partial charge >= 0.3 is 0 Å². The zero-order valence-corrected chi connectivity index (χ0v) is 18.6. The van der Waals surface area contributed by atoms with E-state index in [1.165, 1.54) is 5.56 Å². The van der Waals surface area contributed by atoms with Crippen LogP contribution < -0.4 is 9.47 Å². The Morgan fingerprint density at radius 2 is 1.78 bits per heavy atom. The second kappa shape index (κ2) is 10.3. The normalized spacial score (nSPS) is 14.4. The molecule has 168 valence electrons. The van der Waals surface area contributed by atoms with Crippen molar-refractivity contribution >= 4 is 5.91 Å². The summed E-state index contributed by atoms with van der Waals surface area (Å²) in [5, 5.41) is 8.20. The summed E-state index contributed by atoms with van der Waals surface area (Å²) in [6.45, 7) is 5.94. The molecule has 1 saturated heterocycles. The van der Waals surface area contributed by atoms with E-state index in [4.69, 9.17) is 13.9 Å². The van der Waals surface area contributed by atoms with Crippen molar-refractivity contribution in [2.75, 3.05) is 19.7 Å². The minimum Gasteiger partial charge on any atom is -0.490 e. The standard InChI is InChI=1S/C25H29N3O4/c1-3-30-21-6-4-5-7-22(21)31-20-14-16-28(17-15-20)24(29)13-12-23-26-27-25(32-23)19-10-8-18(2)9-11-19/h4-11,20H,3,12-17H2,1-2H3. The Hall–Kier alpha value is -3.35. The summed E-state index contributed by atoms with van der Waals surface area (Å²) in [7, 11) is 0. The van der Waals surface area contributed by atoms with Gasteiger partial charge in [0.2, 0.25) is 17.7 Å². The lowest BCUT2D eigenvalue weighted by Gasteiger charge is -2.32. The highest BCUT2D eigenvalue weighted by Crippen LogP contribution is 2.29. The maximum atomic E-state index is 12.7. The van der Waals surface area contributed by atoms with E-state index in [0.29, 0.717) is 44.3 Å². The Labute approximate surface area is 188 Å². The van der Waals surface area contributed by atoms with Crippen LogP contribution in [0.2, 0.25) is 0 Å². The lowest BCUT2D eigenvalue weighted by atomic mass is 10.1. The quantitative estimate of drug-likeness (QED) is 0.520. The third-order valence-corrected chi connectivity index (χ3v) is 5.56. The zero-order chi connectivity index (χ0) is 22.3. The van der Waals surface area contributed by atoms with Crippen molar-refractivity contribution in [3.63, 3.8) is 0 Å². The van der Waals surface area contributed by atoms with Crippen LogP contribution in [-0.2, 0) is 11.2 Å². The molecule has 7 nitrogen and oxygen atoms in total. The molecule has 1 amide bonds. The Kier molecular flexibility index (Phi) is 7.04. The van der Waals surface area contributed by atoms with Gasteiger partial charge in [-0.3, -0.25) is 4.79 Å². The van der Waals surface area contributed by atoms with Gasteiger partial charge in [-0.2, -0.15) is 0 Å². The number of benzene rings is 2. The van der Waals surface area contributed by atoms with Crippen molar-refractivity contribution < 1.29 is 18.7 Å². The summed E-state index contributed by atoms with van der Waals surface area (Å²) in [4.78, 5) is 14.6. The van der Waals surface area contributed by atoms with Crippen molar-refractivity contribution in [1.82, 2.24) is 15.1 Å². The predicted molar refractivity (Wildman–Crippen MR) is 121 cm³/mol. The summed E-state index contributed by atoms with van der Waals surface area (Å²) < 4.78 is 17.5. The number of aromatic nitrogens is 2. The van der Waals surface area contributed by atoms with Gasteiger partial charge in [0.15, 0.2) is 11.5 Å². The molecule has 4 rings (SSSR count). The molecular formula is C25H29N3O4. The number of nitrogens with zero attached hydrogens (tertiary/aromatic N) is 3. The molecule has 7 heteroatoms. The molecule has 2 heterocycles. The largest absolute Gasteiger partial charge is 0.490 e. The highest BCUT2D eigenvalue weighted by molar-refractivity contribution is 5.76. The third-order valence-electron chi connectivity index (χ3n) is 5.56. The average molecular weight is 436 g/mol. The minimum atomic E-state index is 0.0775. The average Bonchev–Trinajstić information content (AvgIpc) is 3.29. The Bertz CT molecular complexity index is 1020. The minimum absolute atomic E-state index is 0.0775. The topological polar surface area (TPSA) is 77.7 Å². The van der Waals surface area contributed by atoms with Gasteiger partial charge in [-0.25, -0.2) is 0 Å². The summed E-state index contributed by atoms with van der Waals surface area (Å²) in [6.07, 6.45) is 2.47. The zero-order valence-electron chi connectivity index (χ0n) is 18.6. The van der Waals surface area contributed by atoms with E-state index in [2.05, 4.69) is 10.2 Å². The molecule has 0 unspecified atom stereocenters. The van der Waals surface area contributed by atoms with E-state index in [0.717, 1.165) is 29.9 Å². The number of amides is 1. The number of piperidine rings is 1. The first-order valence-electron chi connectivity index (χ1n) is 11.2. The number of aryl methyl sites for hydroxylation is 2. The summed E-state index contributed by atoms with van der Waals surface area (Å²) in [6, 6.07) is 15.6. The third kappa shape index (κ3) is 5.46. The van der Waals surface area contributed by atoms with Crippen LogP contribution in [0, 0.1) is 6.92 Å². The summed E-state index contributed by atoms with van der Waals surface area (Å²) >= 11 is 0. The van der Waals surface area contributed by atoms with Gasteiger partial charge in [0, 0.05) is 44.3 Å². The van der Waals surface area contributed by atoms with Crippen LogP contribution >= 0.6 is 0 Å². The van der Waals surface area contributed by atoms with Crippen molar-refractivity contribution in [1.29, 1.82) is 0 Å². The highest BCUT2D eigenvalue weighted by Gasteiger charge is 2.25. The van der Waals surface area contributed by atoms with E-state index in [-0.39, 0.29) is 12.0 Å². The van der Waals surface area contributed by atoms with Crippen molar-refractivity contribution in [3.05, 3.63) is 60.0 Å². The molecule has 1 aliphatic rings. The smallest absolute Gasteiger partial charge is 0.247 e.